The molecule has 1 aliphatic heterocycles. The lowest BCUT2D eigenvalue weighted by Crippen LogP contribution is -2.46. The van der Waals surface area contributed by atoms with E-state index in [2.05, 4.69) is 34.9 Å². The molecule has 0 aromatic heterocycles. The Labute approximate surface area is 198 Å². The highest BCUT2D eigenvalue weighted by atomic mass is 16.5. The molecule has 8 heteroatoms. The first-order valence-corrected chi connectivity index (χ1v) is 11.7. The van der Waals surface area contributed by atoms with Crippen LogP contribution in [0.3, 0.4) is 0 Å². The molecule has 2 aromatic carbocycles. The van der Waals surface area contributed by atoms with Crippen LogP contribution in [0, 0.1) is 0 Å². The second kappa shape index (κ2) is 10.7. The standard InChI is InChI=1S/C26H30N2O6/c1-2-7-16(14-23(29)28-22-12-13-33-24(22)25(30)31)27-26(32)34-15-21-19-10-5-3-8-17(19)18-9-4-6-11-20(18)21/h3-6,8-11,16,21-22,24H,2,7,12-15H2,1H3,(H,27,32)(H,28,29)(H,30,31). The number of carbonyl (C=O) groups excluding carboxylic acids is 2. The minimum atomic E-state index is -1.09. The zero-order valence-electron chi connectivity index (χ0n) is 19.2. The van der Waals surface area contributed by atoms with Crippen LogP contribution in [0.2, 0.25) is 0 Å². The van der Waals surface area contributed by atoms with Gasteiger partial charge in [-0.05, 0) is 35.1 Å². The van der Waals surface area contributed by atoms with Crippen LogP contribution in [0.25, 0.3) is 11.1 Å². The Morgan fingerprint density at radius 1 is 1.09 bits per heavy atom. The van der Waals surface area contributed by atoms with Crippen molar-refractivity contribution >= 4 is 18.0 Å². The van der Waals surface area contributed by atoms with Crippen LogP contribution in [0.15, 0.2) is 48.5 Å². The van der Waals surface area contributed by atoms with Gasteiger partial charge in [-0.3, -0.25) is 4.79 Å². The van der Waals surface area contributed by atoms with Crippen molar-refractivity contribution in [2.45, 2.75) is 56.7 Å². The molecule has 4 rings (SSSR count). The van der Waals surface area contributed by atoms with Gasteiger partial charge < -0.3 is 25.2 Å². The first-order chi connectivity index (χ1) is 16.5. The normalized spacial score (nSPS) is 19.7. The minimum Gasteiger partial charge on any atom is -0.479 e. The van der Waals surface area contributed by atoms with Crippen LogP contribution >= 0.6 is 0 Å². The molecule has 3 N–H and O–H groups in total. The van der Waals surface area contributed by atoms with Gasteiger partial charge in [-0.25, -0.2) is 9.59 Å². The molecular weight excluding hydrogens is 436 g/mol. The van der Waals surface area contributed by atoms with E-state index in [0.717, 1.165) is 28.7 Å². The average molecular weight is 467 g/mol. The summed E-state index contributed by atoms with van der Waals surface area (Å²) >= 11 is 0. The third-order valence-electron chi connectivity index (χ3n) is 6.42. The Morgan fingerprint density at radius 3 is 2.35 bits per heavy atom. The summed E-state index contributed by atoms with van der Waals surface area (Å²) < 4.78 is 10.8. The van der Waals surface area contributed by atoms with Crippen molar-refractivity contribution in [3.05, 3.63) is 59.7 Å². The second-order valence-electron chi connectivity index (χ2n) is 8.75. The van der Waals surface area contributed by atoms with Crippen LogP contribution in [0.5, 0.6) is 0 Å². The molecule has 1 aliphatic carbocycles. The van der Waals surface area contributed by atoms with Gasteiger partial charge in [-0.2, -0.15) is 0 Å². The molecule has 2 aromatic rings. The van der Waals surface area contributed by atoms with Crippen LogP contribution in [0.4, 0.5) is 4.79 Å². The summed E-state index contributed by atoms with van der Waals surface area (Å²) in [6.07, 6.45) is 0.249. The fourth-order valence-corrected chi connectivity index (χ4v) is 4.85. The highest BCUT2D eigenvalue weighted by Crippen LogP contribution is 2.44. The Hall–Kier alpha value is -3.39. The van der Waals surface area contributed by atoms with Crippen molar-refractivity contribution in [2.24, 2.45) is 0 Å². The highest BCUT2D eigenvalue weighted by molar-refractivity contribution is 5.81. The predicted octanol–water partition coefficient (Wildman–Crippen LogP) is 3.44. The van der Waals surface area contributed by atoms with Crippen LogP contribution in [-0.4, -0.2) is 54.5 Å². The SMILES string of the molecule is CCCC(CC(=O)NC1CCOC1C(=O)O)NC(=O)OCC1c2ccccc2-c2ccccc21. The number of carboxylic acid groups (broad SMARTS) is 1. The van der Waals surface area contributed by atoms with Crippen molar-refractivity contribution in [3.8, 4) is 11.1 Å². The zero-order valence-corrected chi connectivity index (χ0v) is 19.2. The van der Waals surface area contributed by atoms with Gasteiger partial charge in [-0.15, -0.1) is 0 Å². The number of ether oxygens (including phenoxy) is 2. The molecular formula is C26H30N2O6. The van der Waals surface area contributed by atoms with Gasteiger partial charge in [0, 0.05) is 25.0 Å². The largest absolute Gasteiger partial charge is 0.479 e. The molecule has 0 radical (unpaired) electrons. The molecule has 3 unspecified atom stereocenters. The number of hydrogen-bond acceptors (Lipinski definition) is 5. The van der Waals surface area contributed by atoms with E-state index < -0.39 is 30.3 Å². The van der Waals surface area contributed by atoms with Crippen molar-refractivity contribution in [1.82, 2.24) is 10.6 Å². The van der Waals surface area contributed by atoms with Gasteiger partial charge in [0.1, 0.15) is 6.61 Å². The number of aliphatic carboxylic acids is 1. The molecule has 8 nitrogen and oxygen atoms in total. The molecule has 3 atom stereocenters. The van der Waals surface area contributed by atoms with Crippen molar-refractivity contribution in [3.63, 3.8) is 0 Å². The summed E-state index contributed by atoms with van der Waals surface area (Å²) in [7, 11) is 0. The minimum absolute atomic E-state index is 0.0404. The highest BCUT2D eigenvalue weighted by Gasteiger charge is 2.35. The number of amides is 2. The first kappa shape index (κ1) is 23.8. The third-order valence-corrected chi connectivity index (χ3v) is 6.42. The number of rotatable bonds is 9. The van der Waals surface area contributed by atoms with Crippen molar-refractivity contribution in [2.75, 3.05) is 13.2 Å². The lowest BCUT2D eigenvalue weighted by molar-refractivity contribution is -0.148. The molecule has 0 bridgehead atoms. The monoisotopic (exact) mass is 466 g/mol. The number of benzene rings is 2. The molecule has 180 valence electrons. The van der Waals surface area contributed by atoms with Crippen LogP contribution in [-0.2, 0) is 19.1 Å². The van der Waals surface area contributed by atoms with Crippen LogP contribution in [0.1, 0.15) is 49.7 Å². The fraction of sp³-hybridized carbons (Fsp3) is 0.423. The first-order valence-electron chi connectivity index (χ1n) is 11.7. The number of alkyl carbamates (subject to hydrolysis) is 1. The van der Waals surface area contributed by atoms with Crippen LogP contribution < -0.4 is 10.6 Å². The Balaban J connectivity index is 1.33. The van der Waals surface area contributed by atoms with Crippen molar-refractivity contribution < 1.29 is 29.0 Å². The number of carbonyl (C=O) groups is 3. The maximum Gasteiger partial charge on any atom is 0.407 e. The number of hydrogen-bond donors (Lipinski definition) is 3. The van der Waals surface area contributed by atoms with E-state index in [9.17, 15) is 19.5 Å². The van der Waals surface area contributed by atoms with Gasteiger partial charge in [0.15, 0.2) is 6.10 Å². The molecule has 0 spiro atoms. The topological polar surface area (TPSA) is 114 Å². The van der Waals surface area contributed by atoms with E-state index in [1.165, 1.54) is 0 Å². The van der Waals surface area contributed by atoms with E-state index in [-0.39, 0.29) is 31.5 Å². The summed E-state index contributed by atoms with van der Waals surface area (Å²) in [6.45, 7) is 2.46. The molecule has 34 heavy (non-hydrogen) atoms. The molecule has 0 saturated carbocycles. The van der Waals surface area contributed by atoms with Gasteiger partial charge in [0.05, 0.1) is 6.04 Å². The van der Waals surface area contributed by atoms with E-state index in [1.54, 1.807) is 0 Å². The van der Waals surface area contributed by atoms with E-state index in [4.69, 9.17) is 9.47 Å². The zero-order chi connectivity index (χ0) is 24.1. The van der Waals surface area contributed by atoms with E-state index in [1.807, 2.05) is 31.2 Å². The Morgan fingerprint density at radius 2 is 1.74 bits per heavy atom. The summed E-state index contributed by atoms with van der Waals surface area (Å²) in [5, 5.41) is 14.7. The predicted molar refractivity (Wildman–Crippen MR) is 125 cm³/mol. The summed E-state index contributed by atoms with van der Waals surface area (Å²) in [6, 6.07) is 15.3. The molecule has 1 saturated heterocycles. The summed E-state index contributed by atoms with van der Waals surface area (Å²) in [5.74, 6) is -1.45. The Bertz CT molecular complexity index is 1010. The van der Waals surface area contributed by atoms with Gasteiger partial charge >= 0.3 is 12.1 Å². The number of carboxylic acids is 1. The smallest absolute Gasteiger partial charge is 0.407 e. The molecule has 1 heterocycles. The summed E-state index contributed by atoms with van der Waals surface area (Å²) in [4.78, 5) is 36.4. The van der Waals surface area contributed by atoms with E-state index >= 15 is 0 Å². The van der Waals surface area contributed by atoms with Gasteiger partial charge in [-0.1, -0.05) is 61.9 Å². The maximum absolute atomic E-state index is 12.6. The maximum atomic E-state index is 12.6. The molecule has 2 aliphatic rings. The Kier molecular flexibility index (Phi) is 7.47. The van der Waals surface area contributed by atoms with Crippen molar-refractivity contribution in [1.29, 1.82) is 0 Å². The number of nitrogens with one attached hydrogen (secondary N) is 2. The van der Waals surface area contributed by atoms with E-state index in [0.29, 0.717) is 12.8 Å². The summed E-state index contributed by atoms with van der Waals surface area (Å²) in [5.41, 5.74) is 4.58. The number of fused-ring (bicyclic) bond motifs is 3. The van der Waals surface area contributed by atoms with Gasteiger partial charge in [0.2, 0.25) is 5.91 Å². The van der Waals surface area contributed by atoms with Gasteiger partial charge in [0.25, 0.3) is 0 Å². The molecule has 2 amide bonds. The average Bonchev–Trinajstić information content (AvgIpc) is 3.40. The third kappa shape index (κ3) is 5.22. The fourth-order valence-electron chi connectivity index (χ4n) is 4.85. The quantitative estimate of drug-likeness (QED) is 0.522. The lowest BCUT2D eigenvalue weighted by atomic mass is 9.98. The molecule has 1 fully saturated rings. The second-order valence-corrected chi connectivity index (χ2v) is 8.75. The lowest BCUT2D eigenvalue weighted by Gasteiger charge is -2.21.